The molecule has 0 saturated heterocycles. The number of hydrogen-bond acceptors (Lipinski definition) is 2. The van der Waals surface area contributed by atoms with Gasteiger partial charge in [-0.15, -0.1) is 0 Å². The van der Waals surface area contributed by atoms with E-state index in [0.29, 0.717) is 19.1 Å². The summed E-state index contributed by atoms with van der Waals surface area (Å²) >= 11 is 0. The van der Waals surface area contributed by atoms with Gasteiger partial charge in [0.25, 0.3) is 0 Å². The van der Waals surface area contributed by atoms with E-state index in [2.05, 4.69) is 31.2 Å². The molecule has 2 atom stereocenters. The van der Waals surface area contributed by atoms with Gasteiger partial charge >= 0.3 is 0 Å². The molecule has 3 aliphatic carbocycles. The first-order chi connectivity index (χ1) is 17.6. The molecular weight excluding hydrogens is 454 g/mol. The Bertz CT molecular complexity index is 863. The Morgan fingerprint density at radius 3 is 1.92 bits per heavy atom. The Kier molecular flexibility index (Phi) is 10.3. The van der Waals surface area contributed by atoms with Crippen molar-refractivity contribution in [2.75, 3.05) is 13.2 Å². The zero-order valence-electron chi connectivity index (χ0n) is 22.4. The lowest BCUT2D eigenvalue weighted by atomic mass is 9.71. The monoisotopic (exact) mass is 500 g/mol. The number of ether oxygens (including phenoxy) is 2. The van der Waals surface area contributed by atoms with Crippen LogP contribution in [0.15, 0.2) is 36.4 Å². The summed E-state index contributed by atoms with van der Waals surface area (Å²) in [6.45, 7) is 4.73. The van der Waals surface area contributed by atoms with Crippen LogP contribution in [-0.2, 0) is 0 Å². The molecule has 1 aromatic carbocycles. The summed E-state index contributed by atoms with van der Waals surface area (Å²) in [5.41, 5.74) is 0. The first-order valence-electron chi connectivity index (χ1n) is 14.7. The predicted molar refractivity (Wildman–Crippen MR) is 143 cm³/mol. The van der Waals surface area contributed by atoms with Gasteiger partial charge in [0.15, 0.2) is 11.5 Å². The van der Waals surface area contributed by atoms with Gasteiger partial charge in [0.05, 0.1) is 13.2 Å². The minimum absolute atomic E-state index is 0.0353. The van der Waals surface area contributed by atoms with E-state index in [-0.39, 0.29) is 17.4 Å². The third-order valence-corrected chi connectivity index (χ3v) is 8.93. The molecule has 0 aliphatic heterocycles. The van der Waals surface area contributed by atoms with Crippen molar-refractivity contribution in [3.8, 4) is 11.5 Å². The zero-order chi connectivity index (χ0) is 25.3. The largest absolute Gasteiger partial charge is 0.491 e. The standard InChI is InChI=1S/C32H46F2O2/c1-3-5-23-6-8-24(9-7-23)10-11-25-12-16-27(17-13-25)28-18-14-26(15-19-28)22-36-30-21-20-29(35-4-2)31(33)32(30)34/h10-11,14,18,20-21,23-28H,3-9,12-13,15-17,19,22H2,1-2H3/b11-10+. The average molecular weight is 501 g/mol. The maximum atomic E-state index is 14.3. The second-order valence-electron chi connectivity index (χ2n) is 11.4. The minimum atomic E-state index is -0.974. The summed E-state index contributed by atoms with van der Waals surface area (Å²) in [6.07, 6.45) is 25.7. The molecule has 2 fully saturated rings. The van der Waals surface area contributed by atoms with Gasteiger partial charge in [0.2, 0.25) is 11.6 Å². The van der Waals surface area contributed by atoms with Crippen LogP contribution in [0.3, 0.4) is 0 Å². The van der Waals surface area contributed by atoms with Crippen LogP contribution < -0.4 is 9.47 Å². The normalized spacial score (nSPS) is 31.0. The molecule has 3 aliphatic rings. The van der Waals surface area contributed by atoms with Crippen LogP contribution in [-0.4, -0.2) is 13.2 Å². The zero-order valence-corrected chi connectivity index (χ0v) is 22.4. The molecule has 0 spiro atoms. The highest BCUT2D eigenvalue weighted by Gasteiger charge is 2.28. The van der Waals surface area contributed by atoms with Gasteiger partial charge in [-0.05, 0) is 113 Å². The summed E-state index contributed by atoms with van der Waals surface area (Å²) in [6, 6.07) is 2.90. The molecule has 200 valence electrons. The Labute approximate surface area is 217 Å². The average Bonchev–Trinajstić information content (AvgIpc) is 2.91. The van der Waals surface area contributed by atoms with Crippen molar-refractivity contribution in [2.45, 2.75) is 90.9 Å². The highest BCUT2D eigenvalue weighted by atomic mass is 19.2. The lowest BCUT2D eigenvalue weighted by molar-refractivity contribution is 0.206. The highest BCUT2D eigenvalue weighted by molar-refractivity contribution is 5.35. The van der Waals surface area contributed by atoms with Crippen molar-refractivity contribution < 1.29 is 18.3 Å². The molecule has 4 rings (SSSR count). The van der Waals surface area contributed by atoms with E-state index in [1.807, 2.05) is 0 Å². The van der Waals surface area contributed by atoms with E-state index in [1.54, 1.807) is 6.92 Å². The molecule has 0 radical (unpaired) electrons. The number of allylic oxidation sites excluding steroid dienone is 3. The molecule has 36 heavy (non-hydrogen) atoms. The van der Waals surface area contributed by atoms with Crippen molar-refractivity contribution in [3.05, 3.63) is 48.1 Å². The van der Waals surface area contributed by atoms with Crippen molar-refractivity contribution >= 4 is 0 Å². The molecule has 0 amide bonds. The molecule has 4 heteroatoms. The molecule has 2 nitrogen and oxygen atoms in total. The Balaban J connectivity index is 1.17. The fourth-order valence-electron chi connectivity index (χ4n) is 6.68. The van der Waals surface area contributed by atoms with Crippen molar-refractivity contribution in [1.29, 1.82) is 0 Å². The van der Waals surface area contributed by atoms with E-state index >= 15 is 0 Å². The van der Waals surface area contributed by atoms with Gasteiger partial charge in [0, 0.05) is 5.92 Å². The van der Waals surface area contributed by atoms with Crippen LogP contribution >= 0.6 is 0 Å². The third-order valence-electron chi connectivity index (χ3n) is 8.93. The number of hydrogen-bond donors (Lipinski definition) is 0. The van der Waals surface area contributed by atoms with E-state index in [4.69, 9.17) is 9.47 Å². The van der Waals surface area contributed by atoms with E-state index in [0.717, 1.165) is 36.5 Å². The van der Waals surface area contributed by atoms with E-state index in [9.17, 15) is 8.78 Å². The number of halogens is 2. The number of benzene rings is 1. The van der Waals surface area contributed by atoms with Gasteiger partial charge in [-0.2, -0.15) is 8.78 Å². The maximum absolute atomic E-state index is 14.3. The summed E-state index contributed by atoms with van der Waals surface area (Å²) in [4.78, 5) is 0. The van der Waals surface area contributed by atoms with Gasteiger partial charge < -0.3 is 9.47 Å². The molecule has 0 heterocycles. The first kappa shape index (κ1) is 27.2. The lowest BCUT2D eigenvalue weighted by Crippen LogP contribution is -2.24. The van der Waals surface area contributed by atoms with Crippen LogP contribution in [0.25, 0.3) is 0 Å². The SMILES string of the molecule is CCCC1CCC(/C=C/C2CCC(C3C=CC(COc4ccc(OCC)c(F)c4F)CC3)CC2)CC1. The Morgan fingerprint density at radius 2 is 1.36 bits per heavy atom. The van der Waals surface area contributed by atoms with Crippen molar-refractivity contribution in [3.63, 3.8) is 0 Å². The Hall–Kier alpha value is -1.84. The van der Waals surface area contributed by atoms with Crippen LogP contribution in [0.2, 0.25) is 0 Å². The first-order valence-corrected chi connectivity index (χ1v) is 14.7. The van der Waals surface area contributed by atoms with Crippen LogP contribution in [0.4, 0.5) is 8.78 Å². The van der Waals surface area contributed by atoms with Crippen molar-refractivity contribution in [2.24, 2.45) is 35.5 Å². The van der Waals surface area contributed by atoms with Crippen molar-refractivity contribution in [1.82, 2.24) is 0 Å². The summed E-state index contributed by atoms with van der Waals surface area (Å²) < 4.78 is 39.1. The minimum Gasteiger partial charge on any atom is -0.491 e. The fourth-order valence-corrected chi connectivity index (χ4v) is 6.68. The topological polar surface area (TPSA) is 18.5 Å². The van der Waals surface area contributed by atoms with Crippen LogP contribution in [0, 0.1) is 47.1 Å². The van der Waals surface area contributed by atoms with Crippen LogP contribution in [0.1, 0.15) is 90.9 Å². The van der Waals surface area contributed by atoms with Gasteiger partial charge in [-0.3, -0.25) is 0 Å². The number of rotatable bonds is 10. The van der Waals surface area contributed by atoms with Gasteiger partial charge in [-0.25, -0.2) is 0 Å². The molecule has 0 bridgehead atoms. The summed E-state index contributed by atoms with van der Waals surface area (Å²) in [5, 5.41) is 0. The molecule has 2 saturated carbocycles. The van der Waals surface area contributed by atoms with E-state index < -0.39 is 11.6 Å². The smallest absolute Gasteiger partial charge is 0.204 e. The second-order valence-corrected chi connectivity index (χ2v) is 11.4. The molecule has 0 aromatic heterocycles. The quantitative estimate of drug-likeness (QED) is 0.298. The molecule has 1 aromatic rings. The molecular formula is C32H46F2O2. The summed E-state index contributed by atoms with van der Waals surface area (Å²) in [7, 11) is 0. The molecule has 2 unspecified atom stereocenters. The highest BCUT2D eigenvalue weighted by Crippen LogP contribution is 2.40. The molecule has 0 N–H and O–H groups in total. The maximum Gasteiger partial charge on any atom is 0.204 e. The third kappa shape index (κ3) is 7.35. The lowest BCUT2D eigenvalue weighted by Gasteiger charge is -2.34. The fraction of sp³-hybridized carbons (Fsp3) is 0.688. The van der Waals surface area contributed by atoms with Gasteiger partial charge in [0.1, 0.15) is 0 Å². The Morgan fingerprint density at radius 1 is 0.750 bits per heavy atom. The van der Waals surface area contributed by atoms with Gasteiger partial charge in [-0.1, -0.05) is 44.1 Å². The van der Waals surface area contributed by atoms with Crippen LogP contribution in [0.5, 0.6) is 11.5 Å². The summed E-state index contributed by atoms with van der Waals surface area (Å²) in [5.74, 6) is 2.23. The predicted octanol–water partition coefficient (Wildman–Crippen LogP) is 9.29. The second kappa shape index (κ2) is 13.6. The van der Waals surface area contributed by atoms with E-state index in [1.165, 1.54) is 76.3 Å².